The molecule has 0 spiro atoms. The van der Waals surface area contributed by atoms with Crippen molar-refractivity contribution < 1.29 is 0 Å². The molecule has 0 aromatic carbocycles. The van der Waals surface area contributed by atoms with Gasteiger partial charge in [-0.25, -0.2) is 0 Å². The Labute approximate surface area is 80.6 Å². The van der Waals surface area contributed by atoms with Gasteiger partial charge in [-0.2, -0.15) is 5.26 Å². The van der Waals surface area contributed by atoms with Crippen LogP contribution < -0.4 is 0 Å². The lowest BCUT2D eigenvalue weighted by Crippen LogP contribution is -1.99. The van der Waals surface area contributed by atoms with Gasteiger partial charge in [0.1, 0.15) is 0 Å². The van der Waals surface area contributed by atoms with Gasteiger partial charge in [-0.1, -0.05) is 18.5 Å². The lowest BCUT2D eigenvalue weighted by molar-refractivity contribution is 0.760. The number of hydrogen-bond acceptors (Lipinski definition) is 2. The van der Waals surface area contributed by atoms with Crippen LogP contribution in [0, 0.1) is 17.2 Å². The molecule has 1 aromatic rings. The van der Waals surface area contributed by atoms with Gasteiger partial charge in [0.15, 0.2) is 0 Å². The summed E-state index contributed by atoms with van der Waals surface area (Å²) in [7, 11) is 0. The van der Waals surface area contributed by atoms with E-state index in [1.54, 1.807) is 11.3 Å². The second-order valence-electron chi connectivity index (χ2n) is 3.41. The van der Waals surface area contributed by atoms with Crippen LogP contribution in [0.25, 0.3) is 0 Å². The monoisotopic (exact) mass is 197 g/mol. The fourth-order valence-corrected chi connectivity index (χ4v) is 2.70. The molecule has 2 rings (SSSR count). The molecular weight excluding hydrogens is 190 g/mol. The van der Waals surface area contributed by atoms with Crippen LogP contribution in [0.15, 0.2) is 12.1 Å². The second-order valence-corrected chi connectivity index (χ2v) is 5.12. The summed E-state index contributed by atoms with van der Waals surface area (Å²) in [5, 5.41) is 8.73. The number of rotatable bonds is 1. The van der Waals surface area contributed by atoms with Crippen molar-refractivity contribution in [3.63, 3.8) is 0 Å². The SMILES string of the molecule is CC1(c2ccc(Cl)s2)CC1C#N. The molecule has 0 N–H and O–H groups in total. The second kappa shape index (κ2) is 2.48. The highest BCUT2D eigenvalue weighted by Crippen LogP contribution is 2.55. The van der Waals surface area contributed by atoms with Crippen molar-refractivity contribution in [3.05, 3.63) is 21.3 Å². The van der Waals surface area contributed by atoms with Crippen LogP contribution in [-0.2, 0) is 5.41 Å². The molecule has 0 saturated heterocycles. The minimum Gasteiger partial charge on any atom is -0.198 e. The van der Waals surface area contributed by atoms with Crippen molar-refractivity contribution in [1.82, 2.24) is 0 Å². The van der Waals surface area contributed by atoms with Gasteiger partial charge < -0.3 is 0 Å². The van der Waals surface area contributed by atoms with E-state index in [1.807, 2.05) is 12.1 Å². The number of thiophene rings is 1. The molecule has 0 amide bonds. The summed E-state index contributed by atoms with van der Waals surface area (Å²) in [6.45, 7) is 2.13. The van der Waals surface area contributed by atoms with Gasteiger partial charge in [0.05, 0.1) is 16.3 Å². The molecule has 1 aromatic heterocycles. The Morgan fingerprint density at radius 3 is 2.92 bits per heavy atom. The van der Waals surface area contributed by atoms with Crippen LogP contribution in [0.5, 0.6) is 0 Å². The molecule has 1 fully saturated rings. The zero-order valence-corrected chi connectivity index (χ0v) is 8.25. The van der Waals surface area contributed by atoms with Gasteiger partial charge in [0, 0.05) is 10.3 Å². The normalized spacial score (nSPS) is 32.9. The molecular formula is C9H8ClNS. The van der Waals surface area contributed by atoms with E-state index < -0.39 is 0 Å². The van der Waals surface area contributed by atoms with E-state index in [2.05, 4.69) is 13.0 Å². The van der Waals surface area contributed by atoms with E-state index in [1.165, 1.54) is 4.88 Å². The highest BCUT2D eigenvalue weighted by atomic mass is 35.5. The zero-order valence-electron chi connectivity index (χ0n) is 6.67. The molecule has 0 bridgehead atoms. The number of hydrogen-bond donors (Lipinski definition) is 0. The van der Waals surface area contributed by atoms with Crippen LogP contribution in [0.4, 0.5) is 0 Å². The third-order valence-corrected chi connectivity index (χ3v) is 4.04. The van der Waals surface area contributed by atoms with Crippen molar-refractivity contribution >= 4 is 22.9 Å². The van der Waals surface area contributed by atoms with Crippen molar-refractivity contribution in [2.45, 2.75) is 18.8 Å². The van der Waals surface area contributed by atoms with Crippen LogP contribution in [0.1, 0.15) is 18.2 Å². The maximum atomic E-state index is 8.73. The lowest BCUT2D eigenvalue weighted by Gasteiger charge is -2.03. The standard InChI is InChI=1S/C9H8ClNS/c1-9(4-6(9)5-11)7-2-3-8(10)12-7/h2-3,6H,4H2,1H3. The van der Waals surface area contributed by atoms with Crippen LogP contribution in [0.3, 0.4) is 0 Å². The maximum absolute atomic E-state index is 8.73. The number of halogens is 1. The molecule has 0 radical (unpaired) electrons. The molecule has 1 saturated carbocycles. The van der Waals surface area contributed by atoms with Crippen LogP contribution in [-0.4, -0.2) is 0 Å². The first kappa shape index (κ1) is 8.10. The fraction of sp³-hybridized carbons (Fsp3) is 0.444. The van der Waals surface area contributed by atoms with E-state index in [4.69, 9.17) is 16.9 Å². The molecule has 62 valence electrons. The molecule has 12 heavy (non-hydrogen) atoms. The molecule has 1 aliphatic rings. The molecule has 2 atom stereocenters. The molecule has 3 heteroatoms. The molecule has 2 unspecified atom stereocenters. The smallest absolute Gasteiger partial charge is 0.0931 e. The van der Waals surface area contributed by atoms with E-state index in [-0.39, 0.29) is 11.3 Å². The predicted octanol–water partition coefficient (Wildman–Crippen LogP) is 3.20. The van der Waals surface area contributed by atoms with Crippen LogP contribution >= 0.6 is 22.9 Å². The lowest BCUT2D eigenvalue weighted by atomic mass is 10.1. The van der Waals surface area contributed by atoms with Gasteiger partial charge in [-0.15, -0.1) is 11.3 Å². The highest BCUT2D eigenvalue weighted by Gasteiger charge is 2.52. The van der Waals surface area contributed by atoms with Crippen molar-refractivity contribution in [2.24, 2.45) is 5.92 Å². The van der Waals surface area contributed by atoms with Crippen LogP contribution in [0.2, 0.25) is 4.34 Å². The van der Waals surface area contributed by atoms with Gasteiger partial charge >= 0.3 is 0 Å². The van der Waals surface area contributed by atoms with Crippen molar-refractivity contribution in [2.75, 3.05) is 0 Å². The van der Waals surface area contributed by atoms with Gasteiger partial charge in [-0.3, -0.25) is 0 Å². The Kier molecular flexibility index (Phi) is 1.67. The summed E-state index contributed by atoms with van der Waals surface area (Å²) in [5.41, 5.74) is 0.104. The van der Waals surface area contributed by atoms with Crippen molar-refractivity contribution in [3.8, 4) is 6.07 Å². The summed E-state index contributed by atoms with van der Waals surface area (Å²) in [4.78, 5) is 1.25. The Morgan fingerprint density at radius 2 is 2.50 bits per heavy atom. The molecule has 1 aliphatic carbocycles. The minimum atomic E-state index is 0.104. The summed E-state index contributed by atoms with van der Waals surface area (Å²) in [5.74, 6) is 0.201. The van der Waals surface area contributed by atoms with E-state index in [0.29, 0.717) is 0 Å². The van der Waals surface area contributed by atoms with E-state index in [9.17, 15) is 0 Å². The van der Waals surface area contributed by atoms with Gasteiger partial charge in [0.2, 0.25) is 0 Å². The first-order valence-corrected chi connectivity index (χ1v) is 5.02. The minimum absolute atomic E-state index is 0.104. The predicted molar refractivity (Wildman–Crippen MR) is 50.4 cm³/mol. The Bertz CT molecular complexity index is 352. The fourth-order valence-electron chi connectivity index (χ4n) is 1.45. The van der Waals surface area contributed by atoms with Gasteiger partial charge in [-0.05, 0) is 18.6 Å². The topological polar surface area (TPSA) is 23.8 Å². The quantitative estimate of drug-likeness (QED) is 0.679. The first-order valence-electron chi connectivity index (χ1n) is 3.82. The third kappa shape index (κ3) is 1.05. The third-order valence-electron chi connectivity index (χ3n) is 2.53. The summed E-state index contributed by atoms with van der Waals surface area (Å²) in [6.07, 6.45) is 0.986. The Morgan fingerprint density at radius 1 is 1.75 bits per heavy atom. The average Bonchev–Trinajstić information content (AvgIpc) is 2.50. The maximum Gasteiger partial charge on any atom is 0.0931 e. The Hall–Kier alpha value is -0.520. The number of nitrogens with zero attached hydrogens (tertiary/aromatic N) is 1. The molecule has 1 nitrogen and oxygen atoms in total. The largest absolute Gasteiger partial charge is 0.198 e. The van der Waals surface area contributed by atoms with E-state index in [0.717, 1.165) is 10.8 Å². The summed E-state index contributed by atoms with van der Waals surface area (Å²) < 4.78 is 0.815. The molecule has 1 heterocycles. The highest BCUT2D eigenvalue weighted by molar-refractivity contribution is 7.16. The summed E-state index contributed by atoms with van der Waals surface area (Å²) >= 11 is 7.41. The first-order chi connectivity index (χ1) is 5.66. The summed E-state index contributed by atoms with van der Waals surface area (Å²) in [6, 6.07) is 6.24. The zero-order chi connectivity index (χ0) is 8.77. The van der Waals surface area contributed by atoms with Crippen molar-refractivity contribution in [1.29, 1.82) is 5.26 Å². The number of nitriles is 1. The van der Waals surface area contributed by atoms with E-state index >= 15 is 0 Å². The Balaban J connectivity index is 2.29. The molecule has 0 aliphatic heterocycles. The van der Waals surface area contributed by atoms with Gasteiger partial charge in [0.25, 0.3) is 0 Å². The average molecular weight is 198 g/mol.